The molecule has 0 saturated carbocycles. The number of likely N-dealkylation sites (N-methyl/N-ethyl adjacent to an activating group) is 1. The molecule has 0 bridgehead atoms. The van der Waals surface area contributed by atoms with Crippen LogP contribution in [0.1, 0.15) is 316 Å². The van der Waals surface area contributed by atoms with Crippen LogP contribution in [-0.4, -0.2) is 82.3 Å². The molecule has 0 aromatic rings. The van der Waals surface area contributed by atoms with Gasteiger partial charge in [-0.15, -0.1) is 0 Å². The zero-order valence-corrected chi connectivity index (χ0v) is 52.0. The van der Waals surface area contributed by atoms with E-state index in [9.17, 15) is 19.5 Å². The van der Waals surface area contributed by atoms with Gasteiger partial charge >= 0.3 is 11.9 Å². The first-order valence-electron chi connectivity index (χ1n) is 33.3. The highest BCUT2D eigenvalue weighted by atomic mass is 16.7. The third-order valence-electron chi connectivity index (χ3n) is 14.8. The molecule has 0 aromatic heterocycles. The number of rotatable bonds is 62. The first-order chi connectivity index (χ1) is 38.1. The van der Waals surface area contributed by atoms with Crippen molar-refractivity contribution in [3.8, 4) is 0 Å². The summed E-state index contributed by atoms with van der Waals surface area (Å²) in [5.41, 5.74) is 0. The fraction of sp³-hybridized carbons (Fsp3) is 0.841. The number of esters is 2. The van der Waals surface area contributed by atoms with Crippen molar-refractivity contribution in [3.63, 3.8) is 0 Å². The largest absolute Gasteiger partial charge is 0.545 e. The number of carbonyl (C=O) groups is 3. The summed E-state index contributed by atoms with van der Waals surface area (Å²) >= 11 is 0. The molecule has 0 radical (unpaired) electrons. The molecule has 9 nitrogen and oxygen atoms in total. The van der Waals surface area contributed by atoms with Gasteiger partial charge in [-0.1, -0.05) is 300 Å². The maximum atomic E-state index is 12.8. The third-order valence-corrected chi connectivity index (χ3v) is 14.8. The summed E-state index contributed by atoms with van der Waals surface area (Å²) in [4.78, 5) is 37.3. The fourth-order valence-electron chi connectivity index (χ4n) is 9.77. The first-order valence-corrected chi connectivity index (χ1v) is 33.3. The van der Waals surface area contributed by atoms with Crippen LogP contribution in [-0.2, 0) is 33.3 Å². The Hall–Kier alpha value is -2.75. The molecular weight excluding hydrogens is 971 g/mol. The van der Waals surface area contributed by atoms with E-state index in [1.54, 1.807) is 0 Å². The van der Waals surface area contributed by atoms with Crippen LogP contribution in [0.5, 0.6) is 0 Å². The fourth-order valence-corrected chi connectivity index (χ4v) is 9.77. The summed E-state index contributed by atoms with van der Waals surface area (Å²) in [6, 6.07) is 0. The third kappa shape index (κ3) is 60.9. The average molecular weight is 1100 g/mol. The number of nitrogens with zero attached hydrogens (tertiary/aromatic N) is 1. The van der Waals surface area contributed by atoms with E-state index >= 15 is 0 Å². The predicted molar refractivity (Wildman–Crippen MR) is 329 cm³/mol. The van der Waals surface area contributed by atoms with Gasteiger partial charge in [0.15, 0.2) is 12.4 Å². The summed E-state index contributed by atoms with van der Waals surface area (Å²) < 4.78 is 22.7. The van der Waals surface area contributed by atoms with Crippen molar-refractivity contribution in [2.75, 3.05) is 47.5 Å². The Bertz CT molecular complexity index is 1420. The minimum Gasteiger partial charge on any atom is -0.545 e. The smallest absolute Gasteiger partial charge is 0.306 e. The molecule has 456 valence electrons. The minimum atomic E-state index is -1.63. The van der Waals surface area contributed by atoms with Gasteiger partial charge in [0.1, 0.15) is 13.2 Å². The van der Waals surface area contributed by atoms with E-state index in [-0.39, 0.29) is 38.6 Å². The molecule has 0 aliphatic heterocycles. The van der Waals surface area contributed by atoms with E-state index in [0.29, 0.717) is 17.4 Å². The highest BCUT2D eigenvalue weighted by Gasteiger charge is 2.22. The molecule has 0 aliphatic rings. The lowest BCUT2D eigenvalue weighted by Crippen LogP contribution is -2.44. The van der Waals surface area contributed by atoms with Crippen molar-refractivity contribution in [2.24, 2.45) is 0 Å². The predicted octanol–water partition coefficient (Wildman–Crippen LogP) is 18.9. The number of hydrogen-bond donors (Lipinski definition) is 0. The molecule has 78 heavy (non-hydrogen) atoms. The van der Waals surface area contributed by atoms with Gasteiger partial charge in [0.25, 0.3) is 0 Å². The second-order valence-electron chi connectivity index (χ2n) is 23.7. The van der Waals surface area contributed by atoms with Crippen molar-refractivity contribution in [3.05, 3.63) is 48.6 Å². The molecule has 0 aromatic carbocycles. The number of carbonyl (C=O) groups excluding carboxylic acids is 3. The average Bonchev–Trinajstić information content (AvgIpc) is 3.41. The van der Waals surface area contributed by atoms with E-state index in [2.05, 4.69) is 62.5 Å². The van der Waals surface area contributed by atoms with Crippen LogP contribution < -0.4 is 5.11 Å². The number of hydrogen-bond acceptors (Lipinski definition) is 8. The Morgan fingerprint density at radius 3 is 1.09 bits per heavy atom. The normalized spacial score (nSPS) is 13.0. The second-order valence-corrected chi connectivity index (χ2v) is 23.7. The summed E-state index contributed by atoms with van der Waals surface area (Å²) in [6.45, 7) is 4.64. The minimum absolute atomic E-state index is 0.143. The highest BCUT2D eigenvalue weighted by Crippen LogP contribution is 2.18. The molecule has 0 aliphatic carbocycles. The van der Waals surface area contributed by atoms with Crippen LogP contribution >= 0.6 is 0 Å². The zero-order chi connectivity index (χ0) is 56.9. The molecule has 0 spiro atoms. The van der Waals surface area contributed by atoms with Gasteiger partial charge in [0, 0.05) is 12.8 Å². The standard InChI is InChI=1S/C69H127NO8/c1-6-8-10-12-14-16-18-20-22-24-25-26-27-28-29-30-31-32-33-34-35-36-37-38-39-40-41-42-44-45-47-49-51-53-55-57-59-66(71)76-63-65(64-77-69(68(73)74)75-62-61-70(3,4)5)78-67(72)60-58-56-54-52-50-48-46-43-23-21-19-17-15-13-11-9-7-2/h9,11,15,17,21,23,46,48,65,69H,6-8,10,12-14,16,18-20,22,24-45,47,49-64H2,1-5H3/b11-9-,17-15-,23-21-,48-46-. The van der Waals surface area contributed by atoms with Gasteiger partial charge in [-0.2, -0.15) is 0 Å². The number of carboxylic acids is 1. The second kappa shape index (κ2) is 60.3. The summed E-state index contributed by atoms with van der Waals surface area (Å²) in [5.74, 6) is -2.30. The summed E-state index contributed by atoms with van der Waals surface area (Å²) in [5, 5.41) is 11.8. The number of carboxylic acid groups (broad SMARTS) is 1. The molecule has 9 heteroatoms. The molecule has 0 saturated heterocycles. The van der Waals surface area contributed by atoms with Crippen molar-refractivity contribution < 1.29 is 42.9 Å². The topological polar surface area (TPSA) is 111 Å². The van der Waals surface area contributed by atoms with E-state index in [0.717, 1.165) is 70.6 Å². The summed E-state index contributed by atoms with van der Waals surface area (Å²) in [7, 11) is 5.92. The zero-order valence-electron chi connectivity index (χ0n) is 52.0. The monoisotopic (exact) mass is 1100 g/mol. The Morgan fingerprint density at radius 1 is 0.397 bits per heavy atom. The van der Waals surface area contributed by atoms with Gasteiger partial charge < -0.3 is 33.3 Å². The van der Waals surface area contributed by atoms with Crippen LogP contribution in [0.4, 0.5) is 0 Å². The molecule has 0 fully saturated rings. The number of allylic oxidation sites excluding steroid dienone is 8. The van der Waals surface area contributed by atoms with Gasteiger partial charge in [-0.3, -0.25) is 9.59 Å². The molecule has 0 rings (SSSR count). The van der Waals surface area contributed by atoms with Crippen molar-refractivity contribution >= 4 is 17.9 Å². The number of aliphatic carboxylic acids is 1. The van der Waals surface area contributed by atoms with Crippen LogP contribution in [0.3, 0.4) is 0 Å². The molecular formula is C69H127NO8. The number of quaternary nitrogens is 1. The summed E-state index contributed by atoms with van der Waals surface area (Å²) in [6.07, 6.45) is 73.6. The molecule has 0 amide bonds. The number of ether oxygens (including phenoxy) is 4. The Morgan fingerprint density at radius 2 is 0.731 bits per heavy atom. The molecule has 0 heterocycles. The van der Waals surface area contributed by atoms with Crippen molar-refractivity contribution in [2.45, 2.75) is 328 Å². The highest BCUT2D eigenvalue weighted by molar-refractivity contribution is 5.70. The lowest BCUT2D eigenvalue weighted by Gasteiger charge is -2.26. The van der Waals surface area contributed by atoms with E-state index < -0.39 is 24.3 Å². The van der Waals surface area contributed by atoms with Crippen LogP contribution in [0.25, 0.3) is 0 Å². The quantitative estimate of drug-likeness (QED) is 0.0195. The maximum absolute atomic E-state index is 12.8. The molecule has 2 unspecified atom stereocenters. The van der Waals surface area contributed by atoms with Gasteiger partial charge in [0.2, 0.25) is 0 Å². The van der Waals surface area contributed by atoms with Crippen molar-refractivity contribution in [1.29, 1.82) is 0 Å². The lowest BCUT2D eigenvalue weighted by atomic mass is 10.0. The Labute approximate surface area is 482 Å². The van der Waals surface area contributed by atoms with Gasteiger partial charge in [-0.25, -0.2) is 0 Å². The number of unbranched alkanes of at least 4 members (excludes halogenated alkanes) is 39. The molecule has 0 N–H and O–H groups in total. The maximum Gasteiger partial charge on any atom is 0.306 e. The Kier molecular flexibility index (Phi) is 58.2. The SMILES string of the molecule is CC/C=C\C/C=C\C/C=C\C/C=C\CCCCCCC(=O)OC(COC(=O)CCCCCCCCCCCCCCCCCCCCCCCCCCCCCCCCCCCCCC)COC(OCC[N+](C)(C)C)C(=O)[O-]. The van der Waals surface area contributed by atoms with E-state index in [1.807, 2.05) is 21.1 Å². The van der Waals surface area contributed by atoms with Crippen molar-refractivity contribution in [1.82, 2.24) is 0 Å². The lowest BCUT2D eigenvalue weighted by molar-refractivity contribution is -0.870. The van der Waals surface area contributed by atoms with Gasteiger partial charge in [-0.05, 0) is 51.4 Å². The van der Waals surface area contributed by atoms with E-state index in [1.165, 1.54) is 212 Å². The molecule has 2 atom stereocenters. The van der Waals surface area contributed by atoms with Gasteiger partial charge in [0.05, 0.1) is 40.3 Å². The van der Waals surface area contributed by atoms with Crippen LogP contribution in [0.2, 0.25) is 0 Å². The first kappa shape index (κ1) is 75.2. The van der Waals surface area contributed by atoms with Crippen LogP contribution in [0.15, 0.2) is 48.6 Å². The van der Waals surface area contributed by atoms with Crippen LogP contribution in [0, 0.1) is 0 Å². The Balaban J connectivity index is 3.99. The van der Waals surface area contributed by atoms with E-state index in [4.69, 9.17) is 18.9 Å².